The topological polar surface area (TPSA) is 144 Å². The SMILES string of the molecule is C#CCN(C(=O)NCc1ccc(Cl)c(Cl)c1)N1CC(=O)N2[C@@H](Cc3ccc(NC(=O)c4cccc5ccccc45)cc3)C(=O)N(Cc3cccc4sc(N)nc34)C[C@@H]21. The molecule has 0 bridgehead atoms. The zero-order valence-electron chi connectivity index (χ0n) is 30.9. The highest BCUT2D eigenvalue weighted by atomic mass is 35.5. The van der Waals surface area contributed by atoms with Crippen LogP contribution in [-0.4, -0.2) is 80.4 Å². The summed E-state index contributed by atoms with van der Waals surface area (Å²) < 4.78 is 0.891. The number of carbonyl (C=O) groups excluding carboxylic acids is 4. The standard InChI is InChI=1S/C43H36Cl2N8O4S/c1-2-19-51(43(57)47-22-27-15-18-33(44)34(45)20-27)52-25-38(54)53-35(41(56)50(24-37(52)53)23-29-9-6-12-36-39(29)49-42(46)58-36)21-26-13-16-30(17-14-26)48-40(55)32-11-5-8-28-7-3-4-10-31(28)32/h1,3-18,20,35,37H,19,21-25H2,(H2,46,49)(H,47,57)(H,48,55)/t35-,37+/m0/s1. The molecule has 2 aliphatic rings. The maximum absolute atomic E-state index is 14.6. The number of terminal acetylenes is 1. The Morgan fingerprint density at radius 3 is 2.50 bits per heavy atom. The minimum Gasteiger partial charge on any atom is -0.375 e. The van der Waals surface area contributed by atoms with Gasteiger partial charge in [0.2, 0.25) is 11.8 Å². The normalized spacial score (nSPS) is 16.7. The first-order valence-electron chi connectivity index (χ1n) is 18.4. The molecule has 0 spiro atoms. The summed E-state index contributed by atoms with van der Waals surface area (Å²) in [7, 11) is 0. The first kappa shape index (κ1) is 38.7. The van der Waals surface area contributed by atoms with Crippen LogP contribution in [0.2, 0.25) is 10.0 Å². The van der Waals surface area contributed by atoms with Gasteiger partial charge in [0.25, 0.3) is 5.91 Å². The van der Waals surface area contributed by atoms with Crippen molar-refractivity contribution < 1.29 is 19.2 Å². The van der Waals surface area contributed by atoms with E-state index in [4.69, 9.17) is 35.4 Å². The summed E-state index contributed by atoms with van der Waals surface area (Å²) in [6.07, 6.45) is 5.23. The van der Waals surface area contributed by atoms with Crippen LogP contribution in [0.3, 0.4) is 0 Å². The van der Waals surface area contributed by atoms with E-state index in [0.717, 1.165) is 26.6 Å². The Bertz CT molecular complexity index is 2620. The molecule has 0 aliphatic carbocycles. The van der Waals surface area contributed by atoms with Crippen LogP contribution in [-0.2, 0) is 29.1 Å². The highest BCUT2D eigenvalue weighted by molar-refractivity contribution is 7.22. The van der Waals surface area contributed by atoms with Gasteiger partial charge in [0.1, 0.15) is 12.2 Å². The number of thiazole rings is 1. The number of benzene rings is 5. The van der Waals surface area contributed by atoms with Crippen molar-refractivity contribution in [2.45, 2.75) is 31.7 Å². The summed E-state index contributed by atoms with van der Waals surface area (Å²) in [4.78, 5) is 63.5. The number of hydrazine groups is 1. The van der Waals surface area contributed by atoms with Gasteiger partial charge >= 0.3 is 6.03 Å². The Labute approximate surface area is 348 Å². The molecule has 2 fully saturated rings. The fourth-order valence-electron chi connectivity index (χ4n) is 7.60. The number of para-hydroxylation sites is 1. The molecule has 8 rings (SSSR count). The number of nitrogens with one attached hydrogen (secondary N) is 2. The van der Waals surface area contributed by atoms with Crippen LogP contribution in [0.4, 0.5) is 15.6 Å². The Morgan fingerprint density at radius 1 is 0.948 bits per heavy atom. The van der Waals surface area contributed by atoms with Crippen LogP contribution in [0, 0.1) is 12.3 Å². The lowest BCUT2D eigenvalue weighted by Gasteiger charge is -2.46. The third-order valence-electron chi connectivity index (χ3n) is 10.3. The van der Waals surface area contributed by atoms with E-state index in [2.05, 4.69) is 21.5 Å². The van der Waals surface area contributed by atoms with E-state index >= 15 is 0 Å². The molecule has 292 valence electrons. The second-order valence-electron chi connectivity index (χ2n) is 14.0. The lowest BCUT2D eigenvalue weighted by atomic mass is 9.99. The largest absolute Gasteiger partial charge is 0.375 e. The minimum absolute atomic E-state index is 0.0946. The molecule has 2 saturated heterocycles. The maximum atomic E-state index is 14.6. The van der Waals surface area contributed by atoms with E-state index in [0.29, 0.717) is 37.5 Å². The summed E-state index contributed by atoms with van der Waals surface area (Å²) in [5.41, 5.74) is 10.2. The van der Waals surface area contributed by atoms with Crippen molar-refractivity contribution in [3.63, 3.8) is 0 Å². The van der Waals surface area contributed by atoms with E-state index in [1.807, 2.05) is 66.7 Å². The highest BCUT2D eigenvalue weighted by Gasteiger charge is 2.52. The van der Waals surface area contributed by atoms with Gasteiger partial charge in [0, 0.05) is 30.8 Å². The third-order valence-corrected chi connectivity index (χ3v) is 11.9. The molecule has 4 N–H and O–H groups in total. The molecule has 6 aromatic rings. The molecular formula is C43H36Cl2N8O4S. The number of amides is 5. The summed E-state index contributed by atoms with van der Waals surface area (Å²) in [5.74, 6) is 1.72. The van der Waals surface area contributed by atoms with E-state index < -0.39 is 18.2 Å². The quantitative estimate of drug-likeness (QED) is 0.129. The smallest absolute Gasteiger partial charge is 0.333 e. The number of carbonyl (C=O) groups is 4. The predicted molar refractivity (Wildman–Crippen MR) is 227 cm³/mol. The van der Waals surface area contributed by atoms with Crippen molar-refractivity contribution in [3.8, 4) is 12.3 Å². The van der Waals surface area contributed by atoms with Crippen LogP contribution < -0.4 is 16.4 Å². The number of urea groups is 1. The van der Waals surface area contributed by atoms with E-state index in [-0.39, 0.29) is 56.9 Å². The van der Waals surface area contributed by atoms with Crippen LogP contribution in [0.15, 0.2) is 103 Å². The van der Waals surface area contributed by atoms with Gasteiger partial charge in [-0.05, 0) is 63.9 Å². The molecule has 15 heteroatoms. The van der Waals surface area contributed by atoms with E-state index in [1.165, 1.54) is 16.3 Å². The second-order valence-corrected chi connectivity index (χ2v) is 15.9. The number of anilines is 2. The second kappa shape index (κ2) is 16.4. The molecule has 58 heavy (non-hydrogen) atoms. The first-order chi connectivity index (χ1) is 28.1. The third kappa shape index (κ3) is 7.75. The van der Waals surface area contributed by atoms with Gasteiger partial charge in [-0.25, -0.2) is 14.8 Å². The van der Waals surface area contributed by atoms with Gasteiger partial charge in [0.05, 0.1) is 39.9 Å². The molecule has 5 aromatic carbocycles. The summed E-state index contributed by atoms with van der Waals surface area (Å²) >= 11 is 13.6. The highest BCUT2D eigenvalue weighted by Crippen LogP contribution is 2.33. The van der Waals surface area contributed by atoms with Crippen molar-refractivity contribution in [2.75, 3.05) is 30.7 Å². The van der Waals surface area contributed by atoms with E-state index in [9.17, 15) is 19.2 Å². The average molecular weight is 832 g/mol. The molecule has 1 aromatic heterocycles. The number of rotatable bonds is 10. The van der Waals surface area contributed by atoms with Crippen molar-refractivity contribution in [3.05, 3.63) is 135 Å². The van der Waals surface area contributed by atoms with Crippen molar-refractivity contribution in [1.82, 2.24) is 30.1 Å². The number of halogens is 2. The number of nitrogens with zero attached hydrogens (tertiary/aromatic N) is 5. The molecule has 0 radical (unpaired) electrons. The molecule has 3 heterocycles. The Kier molecular flexibility index (Phi) is 10.9. The predicted octanol–water partition coefficient (Wildman–Crippen LogP) is 6.77. The number of nitrogens with two attached hydrogens (primary N) is 1. The summed E-state index contributed by atoms with van der Waals surface area (Å²) in [6.45, 7) is 0.102. The lowest BCUT2D eigenvalue weighted by molar-refractivity contribution is -0.157. The van der Waals surface area contributed by atoms with Crippen LogP contribution in [0.1, 0.15) is 27.0 Å². The number of nitrogen functional groups attached to an aromatic ring is 1. The Morgan fingerprint density at radius 2 is 1.71 bits per heavy atom. The van der Waals surface area contributed by atoms with Gasteiger partial charge in [-0.15, -0.1) is 6.42 Å². The fraction of sp³-hybridized carbons (Fsp3) is 0.186. The van der Waals surface area contributed by atoms with Gasteiger partial charge in [0.15, 0.2) is 5.13 Å². The number of hydrogen-bond acceptors (Lipinski definition) is 8. The fourth-order valence-corrected chi connectivity index (χ4v) is 8.70. The maximum Gasteiger partial charge on any atom is 0.333 e. The van der Waals surface area contributed by atoms with Gasteiger partial charge in [-0.3, -0.25) is 14.4 Å². The minimum atomic E-state index is -0.918. The molecular weight excluding hydrogens is 795 g/mol. The number of hydrogen-bond donors (Lipinski definition) is 3. The molecule has 0 unspecified atom stereocenters. The molecule has 2 aliphatic heterocycles. The molecule has 5 amide bonds. The Balaban J connectivity index is 1.06. The van der Waals surface area contributed by atoms with Crippen molar-refractivity contribution in [1.29, 1.82) is 0 Å². The van der Waals surface area contributed by atoms with Crippen LogP contribution in [0.5, 0.6) is 0 Å². The lowest BCUT2D eigenvalue weighted by Crippen LogP contribution is -2.66. The monoisotopic (exact) mass is 830 g/mol. The molecule has 2 atom stereocenters. The number of aromatic nitrogens is 1. The first-order valence-corrected chi connectivity index (χ1v) is 20.0. The number of fused-ring (bicyclic) bond motifs is 3. The van der Waals surface area contributed by atoms with E-state index in [1.54, 1.807) is 51.2 Å². The van der Waals surface area contributed by atoms with Gasteiger partial charge in [-0.1, -0.05) is 107 Å². The van der Waals surface area contributed by atoms with Gasteiger partial charge in [-0.2, -0.15) is 5.01 Å². The molecule has 0 saturated carbocycles. The van der Waals surface area contributed by atoms with Crippen LogP contribution >= 0.6 is 34.5 Å². The van der Waals surface area contributed by atoms with Crippen LogP contribution in [0.25, 0.3) is 21.0 Å². The summed E-state index contributed by atoms with van der Waals surface area (Å²) in [6, 6.07) is 29.8. The summed E-state index contributed by atoms with van der Waals surface area (Å²) in [5, 5.41) is 11.8. The van der Waals surface area contributed by atoms with Gasteiger partial charge < -0.3 is 26.2 Å². The average Bonchev–Trinajstić information content (AvgIpc) is 3.77. The van der Waals surface area contributed by atoms with Crippen molar-refractivity contribution in [2.24, 2.45) is 0 Å². The molecule has 12 nitrogen and oxygen atoms in total. The zero-order valence-corrected chi connectivity index (χ0v) is 33.2. The number of piperazine rings is 1. The van der Waals surface area contributed by atoms with Crippen molar-refractivity contribution >= 4 is 90.1 Å². The zero-order chi connectivity index (χ0) is 40.5. The Hall–Kier alpha value is -6.17.